The lowest BCUT2D eigenvalue weighted by Gasteiger charge is -2.06. The molecule has 0 amide bonds. The fourth-order valence-corrected chi connectivity index (χ4v) is 2.67. The number of nitrogens with zero attached hydrogens (tertiary/aromatic N) is 2. The molecule has 1 aromatic heterocycles. The monoisotopic (exact) mass is 304 g/mol. The van der Waals surface area contributed by atoms with Crippen LogP contribution >= 0.6 is 0 Å². The average Bonchev–Trinajstić information content (AvgIpc) is 2.99. The summed E-state index contributed by atoms with van der Waals surface area (Å²) in [5.41, 5.74) is 3.77. The largest absolute Gasteiger partial charge is 0.505 e. The zero-order chi connectivity index (χ0) is 15.8. The Bertz CT molecular complexity index is 976. The van der Waals surface area contributed by atoms with Gasteiger partial charge in [0.05, 0.1) is 17.4 Å². The highest BCUT2D eigenvalue weighted by atomic mass is 19.1. The van der Waals surface area contributed by atoms with Crippen molar-refractivity contribution in [3.8, 4) is 22.6 Å². The molecule has 4 heteroatoms. The summed E-state index contributed by atoms with van der Waals surface area (Å²) in [5.74, 6) is -1.02. The summed E-state index contributed by atoms with van der Waals surface area (Å²) in [7, 11) is 0. The van der Waals surface area contributed by atoms with Crippen molar-refractivity contribution in [3.63, 3.8) is 0 Å². The first-order valence-corrected chi connectivity index (χ1v) is 7.24. The van der Waals surface area contributed by atoms with Crippen molar-refractivity contribution in [1.29, 1.82) is 0 Å². The highest BCUT2D eigenvalue weighted by Crippen LogP contribution is 2.26. The van der Waals surface area contributed by atoms with Crippen molar-refractivity contribution < 1.29 is 9.50 Å². The number of aromatic nitrogens is 2. The number of rotatable bonds is 2. The van der Waals surface area contributed by atoms with Crippen LogP contribution in [0.5, 0.6) is 5.75 Å². The lowest BCUT2D eigenvalue weighted by Crippen LogP contribution is -1.95. The number of phenols is 1. The lowest BCUT2D eigenvalue weighted by atomic mass is 10.1. The van der Waals surface area contributed by atoms with E-state index in [0.717, 1.165) is 16.8 Å². The van der Waals surface area contributed by atoms with Gasteiger partial charge in [-0.3, -0.25) is 0 Å². The third-order valence-corrected chi connectivity index (χ3v) is 3.86. The summed E-state index contributed by atoms with van der Waals surface area (Å²) in [6, 6.07) is 20.7. The number of hydrogen-bond donors (Lipinski definition) is 1. The van der Waals surface area contributed by atoms with Gasteiger partial charge in [0.2, 0.25) is 0 Å². The zero-order valence-corrected chi connectivity index (χ0v) is 12.1. The van der Waals surface area contributed by atoms with Crippen LogP contribution in [0, 0.1) is 5.82 Å². The number of benzene rings is 3. The van der Waals surface area contributed by atoms with E-state index in [4.69, 9.17) is 0 Å². The minimum atomic E-state index is -0.642. The Morgan fingerprint density at radius 3 is 2.30 bits per heavy atom. The number of fused-ring (bicyclic) bond motifs is 1. The van der Waals surface area contributed by atoms with Gasteiger partial charge in [0.15, 0.2) is 11.6 Å². The van der Waals surface area contributed by atoms with E-state index in [-0.39, 0.29) is 5.75 Å². The van der Waals surface area contributed by atoms with E-state index in [1.54, 1.807) is 10.9 Å². The Labute approximate surface area is 132 Å². The van der Waals surface area contributed by atoms with E-state index in [0.29, 0.717) is 10.9 Å². The number of phenolic OH excluding ortho intramolecular Hbond substituents is 1. The van der Waals surface area contributed by atoms with Crippen LogP contribution in [0.3, 0.4) is 0 Å². The third-order valence-electron chi connectivity index (χ3n) is 3.86. The molecule has 0 atom stereocenters. The van der Waals surface area contributed by atoms with Crippen molar-refractivity contribution in [2.24, 2.45) is 0 Å². The molecule has 0 radical (unpaired) electrons. The number of aromatic hydroxyl groups is 1. The minimum Gasteiger partial charge on any atom is -0.505 e. The smallest absolute Gasteiger partial charge is 0.165 e. The molecule has 112 valence electrons. The Morgan fingerprint density at radius 1 is 0.870 bits per heavy atom. The van der Waals surface area contributed by atoms with Crippen molar-refractivity contribution in [2.45, 2.75) is 0 Å². The van der Waals surface area contributed by atoms with E-state index in [9.17, 15) is 9.50 Å². The molecule has 1 N–H and O–H groups in total. The van der Waals surface area contributed by atoms with Crippen LogP contribution in [-0.4, -0.2) is 14.9 Å². The van der Waals surface area contributed by atoms with E-state index in [2.05, 4.69) is 17.2 Å². The fraction of sp³-hybridized carbons (Fsp3) is 0. The predicted octanol–water partition coefficient (Wildman–Crippen LogP) is 4.54. The molecule has 0 aliphatic carbocycles. The zero-order valence-electron chi connectivity index (χ0n) is 12.1. The molecule has 3 nitrogen and oxygen atoms in total. The Morgan fingerprint density at radius 2 is 1.57 bits per heavy atom. The van der Waals surface area contributed by atoms with Gasteiger partial charge in [-0.25, -0.2) is 9.07 Å². The second-order valence-electron chi connectivity index (χ2n) is 5.33. The maximum atomic E-state index is 13.4. The molecule has 0 aliphatic rings. The summed E-state index contributed by atoms with van der Waals surface area (Å²) in [6.45, 7) is 0. The van der Waals surface area contributed by atoms with Crippen molar-refractivity contribution >= 4 is 10.9 Å². The molecule has 1 heterocycles. The van der Waals surface area contributed by atoms with E-state index in [1.165, 1.54) is 12.1 Å². The maximum absolute atomic E-state index is 13.4. The molecule has 4 aromatic rings. The maximum Gasteiger partial charge on any atom is 0.165 e. The Kier molecular flexibility index (Phi) is 3.08. The first-order valence-electron chi connectivity index (χ1n) is 7.24. The summed E-state index contributed by atoms with van der Waals surface area (Å²) in [4.78, 5) is 0. The van der Waals surface area contributed by atoms with Crippen LogP contribution in [0.4, 0.5) is 4.39 Å². The van der Waals surface area contributed by atoms with Crippen LogP contribution in [0.1, 0.15) is 0 Å². The summed E-state index contributed by atoms with van der Waals surface area (Å²) >= 11 is 0. The molecule has 0 fully saturated rings. The Balaban J connectivity index is 1.78. The molecule has 4 rings (SSSR count). The van der Waals surface area contributed by atoms with Crippen molar-refractivity contribution in [1.82, 2.24) is 9.78 Å². The van der Waals surface area contributed by atoms with Crippen LogP contribution < -0.4 is 0 Å². The standard InChI is InChI=1S/C19H13FN2O/c20-17-10-15-12-21-22(18(15)11-19(17)23)16-8-6-14(7-9-16)13-4-2-1-3-5-13/h1-12,23H. The highest BCUT2D eigenvalue weighted by molar-refractivity contribution is 5.82. The van der Waals surface area contributed by atoms with Gasteiger partial charge in [-0.05, 0) is 29.3 Å². The van der Waals surface area contributed by atoms with Gasteiger partial charge in [-0.2, -0.15) is 5.10 Å². The number of hydrogen-bond acceptors (Lipinski definition) is 2. The van der Waals surface area contributed by atoms with Crippen molar-refractivity contribution in [3.05, 3.63) is 78.7 Å². The topological polar surface area (TPSA) is 38.1 Å². The van der Waals surface area contributed by atoms with Gasteiger partial charge >= 0.3 is 0 Å². The van der Waals surface area contributed by atoms with Crippen LogP contribution in [0.25, 0.3) is 27.7 Å². The molecule has 0 saturated heterocycles. The van der Waals surface area contributed by atoms with Gasteiger partial charge in [-0.1, -0.05) is 42.5 Å². The van der Waals surface area contributed by atoms with Crippen LogP contribution in [0.15, 0.2) is 72.9 Å². The van der Waals surface area contributed by atoms with Gasteiger partial charge in [0.1, 0.15) is 0 Å². The van der Waals surface area contributed by atoms with Gasteiger partial charge < -0.3 is 5.11 Å². The lowest BCUT2D eigenvalue weighted by molar-refractivity contribution is 0.433. The average molecular weight is 304 g/mol. The molecular formula is C19H13FN2O. The normalized spacial score (nSPS) is 11.0. The molecular weight excluding hydrogens is 291 g/mol. The third kappa shape index (κ3) is 2.34. The van der Waals surface area contributed by atoms with Crippen LogP contribution in [-0.2, 0) is 0 Å². The molecule has 3 aromatic carbocycles. The Hall–Kier alpha value is -3.14. The SMILES string of the molecule is Oc1cc2c(cnn2-c2ccc(-c3ccccc3)cc2)cc1F. The van der Waals surface area contributed by atoms with Gasteiger partial charge in [-0.15, -0.1) is 0 Å². The second-order valence-corrected chi connectivity index (χ2v) is 5.33. The van der Waals surface area contributed by atoms with Gasteiger partial charge in [0, 0.05) is 11.5 Å². The fourth-order valence-electron chi connectivity index (χ4n) is 2.67. The quantitative estimate of drug-likeness (QED) is 0.590. The molecule has 0 aliphatic heterocycles. The van der Waals surface area contributed by atoms with Crippen LogP contribution in [0.2, 0.25) is 0 Å². The summed E-state index contributed by atoms with van der Waals surface area (Å²) in [5, 5.41) is 14.5. The molecule has 0 spiro atoms. The summed E-state index contributed by atoms with van der Waals surface area (Å²) < 4.78 is 15.1. The van der Waals surface area contributed by atoms with Crippen molar-refractivity contribution in [2.75, 3.05) is 0 Å². The first-order chi connectivity index (χ1) is 11.2. The number of halogens is 1. The van der Waals surface area contributed by atoms with E-state index < -0.39 is 5.82 Å². The summed E-state index contributed by atoms with van der Waals surface area (Å²) in [6.07, 6.45) is 1.59. The van der Waals surface area contributed by atoms with E-state index >= 15 is 0 Å². The predicted molar refractivity (Wildman–Crippen MR) is 88.1 cm³/mol. The second kappa shape index (κ2) is 5.25. The molecule has 23 heavy (non-hydrogen) atoms. The minimum absolute atomic E-state index is 0.375. The van der Waals surface area contributed by atoms with Gasteiger partial charge in [0.25, 0.3) is 0 Å². The molecule has 0 unspecified atom stereocenters. The highest BCUT2D eigenvalue weighted by Gasteiger charge is 2.09. The first kappa shape index (κ1) is 13.5. The molecule has 0 bridgehead atoms. The molecule has 0 saturated carbocycles. The van der Waals surface area contributed by atoms with E-state index in [1.807, 2.05) is 42.5 Å².